The molecule has 84 valence electrons. The van der Waals surface area contributed by atoms with Crippen LogP contribution in [0.25, 0.3) is 0 Å². The molecule has 0 N–H and O–H groups in total. The molecule has 16 heavy (non-hydrogen) atoms. The van der Waals surface area contributed by atoms with Gasteiger partial charge in [0.25, 0.3) is 0 Å². The normalized spacial score (nSPS) is 11.8. The molecular formula is C13H16N2O. The van der Waals surface area contributed by atoms with Crippen molar-refractivity contribution in [3.8, 4) is 5.88 Å². The fourth-order valence-corrected chi connectivity index (χ4v) is 1.30. The van der Waals surface area contributed by atoms with Crippen LogP contribution < -0.4 is 4.74 Å². The molecule has 0 atom stereocenters. The van der Waals surface area contributed by atoms with Crippen LogP contribution in [-0.2, 0) is 0 Å². The average Bonchev–Trinajstić information content (AvgIpc) is 2.28. The zero-order valence-electron chi connectivity index (χ0n) is 9.90. The fourth-order valence-electron chi connectivity index (χ4n) is 1.30. The Labute approximate surface area is 96.2 Å². The van der Waals surface area contributed by atoms with E-state index in [9.17, 15) is 0 Å². The van der Waals surface area contributed by atoms with Gasteiger partial charge in [-0.1, -0.05) is 12.7 Å². The molecular weight excluding hydrogens is 200 g/mol. The van der Waals surface area contributed by atoms with Crippen molar-refractivity contribution in [1.82, 2.24) is 4.98 Å². The molecule has 3 heteroatoms. The number of allylic oxidation sites excluding steroid dienone is 3. The van der Waals surface area contributed by atoms with Gasteiger partial charge in [0.15, 0.2) is 0 Å². The second-order valence-corrected chi connectivity index (χ2v) is 3.29. The van der Waals surface area contributed by atoms with Gasteiger partial charge in [0, 0.05) is 11.9 Å². The number of hydrogen-bond acceptors (Lipinski definition) is 3. The first-order valence-corrected chi connectivity index (χ1v) is 5.05. The first kappa shape index (κ1) is 12.2. The first-order valence-electron chi connectivity index (χ1n) is 5.05. The van der Waals surface area contributed by atoms with Gasteiger partial charge in [0.1, 0.15) is 0 Å². The quantitative estimate of drug-likeness (QED) is 0.725. The number of pyridine rings is 1. The van der Waals surface area contributed by atoms with E-state index in [-0.39, 0.29) is 0 Å². The van der Waals surface area contributed by atoms with Gasteiger partial charge in [-0.2, -0.15) is 0 Å². The molecule has 0 radical (unpaired) electrons. The van der Waals surface area contributed by atoms with Crippen LogP contribution in [0.15, 0.2) is 47.7 Å². The number of aromatic nitrogens is 1. The SMILES string of the molecule is C=C(C)N=C(/C=C\C)c1cccnc1OC. The Morgan fingerprint density at radius 3 is 2.88 bits per heavy atom. The van der Waals surface area contributed by atoms with E-state index < -0.39 is 0 Å². The van der Waals surface area contributed by atoms with Crippen molar-refractivity contribution in [3.63, 3.8) is 0 Å². The topological polar surface area (TPSA) is 34.5 Å². The van der Waals surface area contributed by atoms with Gasteiger partial charge in [0.05, 0.1) is 18.4 Å². The van der Waals surface area contributed by atoms with Crippen LogP contribution in [-0.4, -0.2) is 17.8 Å². The number of rotatable bonds is 4. The van der Waals surface area contributed by atoms with Crippen molar-refractivity contribution in [3.05, 3.63) is 48.3 Å². The summed E-state index contributed by atoms with van der Waals surface area (Å²) >= 11 is 0. The lowest BCUT2D eigenvalue weighted by Crippen LogP contribution is -2.02. The van der Waals surface area contributed by atoms with E-state index in [0.29, 0.717) is 5.88 Å². The van der Waals surface area contributed by atoms with Gasteiger partial charge in [-0.3, -0.25) is 4.99 Å². The van der Waals surface area contributed by atoms with Gasteiger partial charge in [-0.15, -0.1) is 0 Å². The Morgan fingerprint density at radius 2 is 2.31 bits per heavy atom. The van der Waals surface area contributed by atoms with Crippen LogP contribution in [0, 0.1) is 0 Å². The number of methoxy groups -OCH3 is 1. The lowest BCUT2D eigenvalue weighted by Gasteiger charge is -2.06. The maximum Gasteiger partial charge on any atom is 0.222 e. The molecule has 0 fully saturated rings. The summed E-state index contributed by atoms with van der Waals surface area (Å²) in [6.07, 6.45) is 5.53. The van der Waals surface area contributed by atoms with Crippen LogP contribution in [0.3, 0.4) is 0 Å². The van der Waals surface area contributed by atoms with E-state index in [1.54, 1.807) is 13.3 Å². The molecule has 0 saturated carbocycles. The summed E-state index contributed by atoms with van der Waals surface area (Å²) in [6, 6.07) is 3.78. The zero-order chi connectivity index (χ0) is 12.0. The third-order valence-electron chi connectivity index (χ3n) is 1.88. The van der Waals surface area contributed by atoms with E-state index in [2.05, 4.69) is 16.6 Å². The maximum absolute atomic E-state index is 5.20. The summed E-state index contributed by atoms with van der Waals surface area (Å²) in [4.78, 5) is 8.50. The van der Waals surface area contributed by atoms with Gasteiger partial charge in [-0.05, 0) is 32.1 Å². The molecule has 3 nitrogen and oxygen atoms in total. The summed E-state index contributed by atoms with van der Waals surface area (Å²) in [5, 5.41) is 0. The second kappa shape index (κ2) is 5.85. The summed E-state index contributed by atoms with van der Waals surface area (Å²) in [5.74, 6) is 0.570. The van der Waals surface area contributed by atoms with Crippen LogP contribution in [0.4, 0.5) is 0 Å². The molecule has 0 saturated heterocycles. The van der Waals surface area contributed by atoms with Crippen LogP contribution >= 0.6 is 0 Å². The lowest BCUT2D eigenvalue weighted by atomic mass is 10.1. The first-order chi connectivity index (χ1) is 7.69. The third-order valence-corrected chi connectivity index (χ3v) is 1.88. The van der Waals surface area contributed by atoms with Crippen LogP contribution in [0.2, 0.25) is 0 Å². The number of hydrogen-bond donors (Lipinski definition) is 0. The molecule has 0 aliphatic heterocycles. The van der Waals surface area contributed by atoms with E-state index >= 15 is 0 Å². The van der Waals surface area contributed by atoms with Crippen molar-refractivity contribution in [2.45, 2.75) is 13.8 Å². The molecule has 0 amide bonds. The molecule has 1 rings (SSSR count). The molecule has 1 heterocycles. The number of ether oxygens (including phenoxy) is 1. The monoisotopic (exact) mass is 216 g/mol. The van der Waals surface area contributed by atoms with E-state index in [1.807, 2.05) is 38.1 Å². The summed E-state index contributed by atoms with van der Waals surface area (Å²) < 4.78 is 5.20. The smallest absolute Gasteiger partial charge is 0.222 e. The summed E-state index contributed by atoms with van der Waals surface area (Å²) in [7, 11) is 1.60. The van der Waals surface area contributed by atoms with Gasteiger partial charge in [-0.25, -0.2) is 4.98 Å². The van der Waals surface area contributed by atoms with Crippen molar-refractivity contribution in [2.24, 2.45) is 4.99 Å². The molecule has 1 aromatic rings. The highest BCUT2D eigenvalue weighted by Crippen LogP contribution is 2.16. The zero-order valence-corrected chi connectivity index (χ0v) is 9.90. The minimum Gasteiger partial charge on any atom is -0.481 e. The molecule has 0 bridgehead atoms. The Kier molecular flexibility index (Phi) is 4.45. The van der Waals surface area contributed by atoms with Crippen molar-refractivity contribution < 1.29 is 4.74 Å². The van der Waals surface area contributed by atoms with Crippen molar-refractivity contribution in [1.29, 1.82) is 0 Å². The maximum atomic E-state index is 5.20. The van der Waals surface area contributed by atoms with E-state index in [4.69, 9.17) is 4.74 Å². The lowest BCUT2D eigenvalue weighted by molar-refractivity contribution is 0.397. The van der Waals surface area contributed by atoms with Crippen LogP contribution in [0.5, 0.6) is 5.88 Å². The molecule has 0 unspecified atom stereocenters. The Morgan fingerprint density at radius 1 is 1.56 bits per heavy atom. The Hall–Kier alpha value is -1.90. The average molecular weight is 216 g/mol. The number of nitrogens with zero attached hydrogens (tertiary/aromatic N) is 2. The fraction of sp³-hybridized carbons (Fsp3) is 0.231. The van der Waals surface area contributed by atoms with Gasteiger partial charge >= 0.3 is 0 Å². The predicted octanol–water partition coefficient (Wildman–Crippen LogP) is 2.99. The van der Waals surface area contributed by atoms with E-state index in [1.165, 1.54) is 0 Å². The highest BCUT2D eigenvalue weighted by atomic mass is 16.5. The Bertz CT molecular complexity index is 433. The standard InChI is InChI=1S/C13H16N2O/c1-5-7-12(15-10(2)3)11-8-6-9-14-13(11)16-4/h5-9H,2H2,1,3-4H3/b7-5-,15-12?. The minimum atomic E-state index is 0.570. The predicted molar refractivity (Wildman–Crippen MR) is 67.0 cm³/mol. The third kappa shape index (κ3) is 3.05. The molecule has 0 spiro atoms. The van der Waals surface area contributed by atoms with E-state index in [0.717, 1.165) is 17.0 Å². The van der Waals surface area contributed by atoms with Crippen molar-refractivity contribution >= 4 is 5.71 Å². The molecule has 0 aliphatic rings. The number of aliphatic imine (C=N–C) groups is 1. The second-order valence-electron chi connectivity index (χ2n) is 3.29. The largest absolute Gasteiger partial charge is 0.481 e. The van der Waals surface area contributed by atoms with Crippen molar-refractivity contribution in [2.75, 3.05) is 7.11 Å². The highest BCUT2D eigenvalue weighted by molar-refractivity contribution is 6.10. The Balaban J connectivity index is 3.26. The highest BCUT2D eigenvalue weighted by Gasteiger charge is 2.07. The van der Waals surface area contributed by atoms with Gasteiger partial charge in [0.2, 0.25) is 5.88 Å². The minimum absolute atomic E-state index is 0.570. The molecule has 0 aromatic carbocycles. The molecule has 1 aromatic heterocycles. The molecule has 0 aliphatic carbocycles. The summed E-state index contributed by atoms with van der Waals surface area (Å²) in [6.45, 7) is 7.57. The van der Waals surface area contributed by atoms with Gasteiger partial charge < -0.3 is 4.74 Å². The van der Waals surface area contributed by atoms with Crippen LogP contribution in [0.1, 0.15) is 19.4 Å². The summed E-state index contributed by atoms with van der Waals surface area (Å²) in [5.41, 5.74) is 2.42.